The first-order valence-corrected chi connectivity index (χ1v) is 6.00. The van der Waals surface area contributed by atoms with Crippen molar-refractivity contribution in [1.82, 2.24) is 0 Å². The van der Waals surface area contributed by atoms with E-state index in [1.54, 1.807) is 0 Å². The van der Waals surface area contributed by atoms with Gasteiger partial charge in [0.15, 0.2) is 17.5 Å². The molecule has 3 N–H and O–H groups in total. The lowest BCUT2D eigenvalue weighted by atomic mass is 9.96. The second-order valence-corrected chi connectivity index (χ2v) is 4.81. The summed E-state index contributed by atoms with van der Waals surface area (Å²) in [6.07, 6.45) is 0.564. The molecule has 19 heavy (non-hydrogen) atoms. The molecule has 1 amide bonds. The van der Waals surface area contributed by atoms with Crippen LogP contribution in [0.1, 0.15) is 20.3 Å². The van der Waals surface area contributed by atoms with Crippen LogP contribution in [0.2, 0.25) is 0 Å². The minimum atomic E-state index is -1.56. The van der Waals surface area contributed by atoms with Crippen molar-refractivity contribution in [1.29, 1.82) is 0 Å². The number of rotatable bonds is 5. The van der Waals surface area contributed by atoms with Gasteiger partial charge in [0.05, 0.1) is 5.92 Å². The van der Waals surface area contributed by atoms with Crippen LogP contribution >= 0.6 is 0 Å². The number of nitrogens with one attached hydrogen (secondary N) is 1. The van der Waals surface area contributed by atoms with Crippen LogP contribution in [0, 0.1) is 29.3 Å². The Labute approximate surface area is 110 Å². The SMILES string of the molecule is CC(C)CC(CN)C(=O)Nc1cc(F)c(F)c(F)c1. The van der Waals surface area contributed by atoms with E-state index in [9.17, 15) is 18.0 Å². The summed E-state index contributed by atoms with van der Waals surface area (Å²) >= 11 is 0. The van der Waals surface area contributed by atoms with Crippen LogP contribution in [0.25, 0.3) is 0 Å². The summed E-state index contributed by atoms with van der Waals surface area (Å²) in [5, 5.41) is 2.34. The van der Waals surface area contributed by atoms with Crippen LogP contribution in [0.3, 0.4) is 0 Å². The lowest BCUT2D eigenvalue weighted by molar-refractivity contribution is -0.120. The van der Waals surface area contributed by atoms with Gasteiger partial charge in [-0.25, -0.2) is 13.2 Å². The van der Waals surface area contributed by atoms with Gasteiger partial charge in [-0.05, 0) is 12.3 Å². The molecule has 0 heterocycles. The van der Waals surface area contributed by atoms with Gasteiger partial charge in [0.25, 0.3) is 0 Å². The lowest BCUT2D eigenvalue weighted by Crippen LogP contribution is -2.30. The van der Waals surface area contributed by atoms with Crippen LogP contribution in [-0.4, -0.2) is 12.5 Å². The number of carbonyl (C=O) groups is 1. The number of benzene rings is 1. The molecule has 0 radical (unpaired) electrons. The molecule has 0 bridgehead atoms. The summed E-state index contributed by atoms with van der Waals surface area (Å²) in [6, 6.07) is 1.47. The number of hydrogen-bond donors (Lipinski definition) is 2. The molecule has 1 aromatic rings. The zero-order valence-corrected chi connectivity index (χ0v) is 10.8. The van der Waals surface area contributed by atoms with Crippen molar-refractivity contribution < 1.29 is 18.0 Å². The van der Waals surface area contributed by atoms with Gasteiger partial charge in [0.2, 0.25) is 5.91 Å². The van der Waals surface area contributed by atoms with Gasteiger partial charge >= 0.3 is 0 Å². The normalized spacial score (nSPS) is 12.6. The highest BCUT2D eigenvalue weighted by atomic mass is 19.2. The van der Waals surface area contributed by atoms with E-state index >= 15 is 0 Å². The molecule has 0 aliphatic heterocycles. The monoisotopic (exact) mass is 274 g/mol. The first-order valence-electron chi connectivity index (χ1n) is 6.00. The van der Waals surface area contributed by atoms with Crippen molar-refractivity contribution in [2.75, 3.05) is 11.9 Å². The maximum atomic E-state index is 13.0. The molecule has 3 nitrogen and oxygen atoms in total. The fraction of sp³-hybridized carbons (Fsp3) is 0.462. The van der Waals surface area contributed by atoms with Gasteiger partial charge in [-0.1, -0.05) is 13.8 Å². The largest absolute Gasteiger partial charge is 0.330 e. The quantitative estimate of drug-likeness (QED) is 0.811. The van der Waals surface area contributed by atoms with Gasteiger partial charge in [-0.3, -0.25) is 4.79 Å². The smallest absolute Gasteiger partial charge is 0.228 e. The molecule has 1 unspecified atom stereocenters. The average molecular weight is 274 g/mol. The van der Waals surface area contributed by atoms with E-state index in [0.29, 0.717) is 6.42 Å². The van der Waals surface area contributed by atoms with Crippen molar-refractivity contribution in [2.24, 2.45) is 17.6 Å². The van der Waals surface area contributed by atoms with E-state index in [0.717, 1.165) is 12.1 Å². The zero-order chi connectivity index (χ0) is 14.6. The number of hydrogen-bond acceptors (Lipinski definition) is 2. The third-order valence-electron chi connectivity index (χ3n) is 2.66. The van der Waals surface area contributed by atoms with Gasteiger partial charge in [-0.15, -0.1) is 0 Å². The number of halogens is 3. The van der Waals surface area contributed by atoms with E-state index in [4.69, 9.17) is 5.73 Å². The molecule has 1 atom stereocenters. The number of anilines is 1. The highest BCUT2D eigenvalue weighted by Crippen LogP contribution is 2.19. The van der Waals surface area contributed by atoms with Crippen molar-refractivity contribution in [3.05, 3.63) is 29.6 Å². The van der Waals surface area contributed by atoms with Gasteiger partial charge in [0, 0.05) is 24.4 Å². The van der Waals surface area contributed by atoms with Gasteiger partial charge < -0.3 is 11.1 Å². The van der Waals surface area contributed by atoms with E-state index in [1.807, 2.05) is 13.8 Å². The Hall–Kier alpha value is -1.56. The molecule has 106 valence electrons. The molecule has 0 spiro atoms. The van der Waals surface area contributed by atoms with Crippen LogP contribution < -0.4 is 11.1 Å². The lowest BCUT2D eigenvalue weighted by Gasteiger charge is -2.17. The Morgan fingerprint density at radius 2 is 1.79 bits per heavy atom. The summed E-state index contributed by atoms with van der Waals surface area (Å²) in [5.74, 6) is -4.86. The van der Waals surface area contributed by atoms with E-state index in [-0.39, 0.29) is 18.2 Å². The molecule has 1 aromatic carbocycles. The Balaban J connectivity index is 2.81. The van der Waals surface area contributed by atoms with Crippen LogP contribution in [-0.2, 0) is 4.79 Å². The van der Waals surface area contributed by atoms with Crippen molar-refractivity contribution in [3.8, 4) is 0 Å². The molecule has 0 aliphatic rings. The van der Waals surface area contributed by atoms with Crippen molar-refractivity contribution >= 4 is 11.6 Å². The Kier molecular flexibility index (Phi) is 5.35. The predicted octanol–water partition coefficient (Wildman–Crippen LogP) is 2.66. The minimum absolute atomic E-state index is 0.122. The second kappa shape index (κ2) is 6.56. The highest BCUT2D eigenvalue weighted by Gasteiger charge is 2.19. The maximum Gasteiger partial charge on any atom is 0.228 e. The Bertz CT molecular complexity index is 440. The maximum absolute atomic E-state index is 13.0. The Morgan fingerprint density at radius 3 is 2.21 bits per heavy atom. The highest BCUT2D eigenvalue weighted by molar-refractivity contribution is 5.92. The third kappa shape index (κ3) is 4.24. The van der Waals surface area contributed by atoms with Gasteiger partial charge in [0.1, 0.15) is 0 Å². The summed E-state index contributed by atoms with van der Waals surface area (Å²) < 4.78 is 38.7. The third-order valence-corrected chi connectivity index (χ3v) is 2.66. The summed E-state index contributed by atoms with van der Waals surface area (Å²) in [6.45, 7) is 4.01. The Morgan fingerprint density at radius 1 is 1.26 bits per heavy atom. The number of amides is 1. The average Bonchev–Trinajstić information content (AvgIpc) is 2.32. The van der Waals surface area contributed by atoms with Crippen molar-refractivity contribution in [2.45, 2.75) is 20.3 Å². The van der Waals surface area contributed by atoms with Crippen LogP contribution in [0.4, 0.5) is 18.9 Å². The van der Waals surface area contributed by atoms with Crippen LogP contribution in [0.15, 0.2) is 12.1 Å². The fourth-order valence-corrected chi connectivity index (χ4v) is 1.75. The first kappa shape index (κ1) is 15.5. The molecule has 0 fully saturated rings. The number of carbonyl (C=O) groups excluding carboxylic acids is 1. The van der Waals surface area contributed by atoms with E-state index in [2.05, 4.69) is 5.32 Å². The van der Waals surface area contributed by atoms with E-state index in [1.165, 1.54) is 0 Å². The first-order chi connectivity index (χ1) is 8.85. The standard InChI is InChI=1S/C13H17F3N2O/c1-7(2)3-8(6-17)13(19)18-9-4-10(14)12(16)11(15)5-9/h4-5,7-8H,3,6,17H2,1-2H3,(H,18,19). The zero-order valence-electron chi connectivity index (χ0n) is 10.8. The molecule has 1 rings (SSSR count). The molecular weight excluding hydrogens is 257 g/mol. The summed E-state index contributed by atoms with van der Waals surface area (Å²) in [7, 11) is 0. The molecule has 0 saturated carbocycles. The van der Waals surface area contributed by atoms with Crippen LogP contribution in [0.5, 0.6) is 0 Å². The molecule has 0 aliphatic carbocycles. The summed E-state index contributed by atoms with van der Waals surface area (Å²) in [5.41, 5.74) is 5.37. The molecule has 0 saturated heterocycles. The molecule has 0 aromatic heterocycles. The fourth-order valence-electron chi connectivity index (χ4n) is 1.75. The topological polar surface area (TPSA) is 55.1 Å². The molecule has 6 heteroatoms. The van der Waals surface area contributed by atoms with Crippen molar-refractivity contribution in [3.63, 3.8) is 0 Å². The van der Waals surface area contributed by atoms with E-state index < -0.39 is 29.3 Å². The van der Waals surface area contributed by atoms with Gasteiger partial charge in [-0.2, -0.15) is 0 Å². The summed E-state index contributed by atoms with van der Waals surface area (Å²) in [4.78, 5) is 11.9. The predicted molar refractivity (Wildman–Crippen MR) is 66.9 cm³/mol. The molecular formula is C13H17F3N2O. The second-order valence-electron chi connectivity index (χ2n) is 4.81. The minimum Gasteiger partial charge on any atom is -0.330 e. The number of nitrogens with two attached hydrogens (primary N) is 1.